The summed E-state index contributed by atoms with van der Waals surface area (Å²) in [5.41, 5.74) is 5.39. The lowest BCUT2D eigenvalue weighted by molar-refractivity contribution is -0.131. The summed E-state index contributed by atoms with van der Waals surface area (Å²) in [5, 5.41) is 5.93. The molecule has 39 heavy (non-hydrogen) atoms. The van der Waals surface area contributed by atoms with Crippen molar-refractivity contribution >= 4 is 40.9 Å². The van der Waals surface area contributed by atoms with E-state index in [-0.39, 0.29) is 23.8 Å². The van der Waals surface area contributed by atoms with Crippen molar-refractivity contribution in [2.24, 2.45) is 5.92 Å². The molecular weight excluding hydrogens is 524 g/mol. The predicted molar refractivity (Wildman–Crippen MR) is 147 cm³/mol. The number of hydrazine groups is 1. The number of benzene rings is 3. The van der Waals surface area contributed by atoms with Gasteiger partial charge in [0.25, 0.3) is 23.6 Å². The van der Waals surface area contributed by atoms with Gasteiger partial charge >= 0.3 is 0 Å². The summed E-state index contributed by atoms with van der Waals surface area (Å²) >= 11 is 5.82. The highest BCUT2D eigenvalue weighted by Gasteiger charge is 2.26. The van der Waals surface area contributed by atoms with Crippen molar-refractivity contribution in [1.82, 2.24) is 16.2 Å². The van der Waals surface area contributed by atoms with Crippen LogP contribution in [0.4, 0.5) is 5.69 Å². The van der Waals surface area contributed by atoms with Crippen LogP contribution in [-0.4, -0.2) is 43.4 Å². The topological polar surface area (TPSA) is 135 Å². The van der Waals surface area contributed by atoms with Gasteiger partial charge in [-0.25, -0.2) is 0 Å². The van der Waals surface area contributed by atoms with Gasteiger partial charge in [0.15, 0.2) is 6.61 Å². The monoisotopic (exact) mass is 552 g/mol. The third kappa shape index (κ3) is 8.47. The van der Waals surface area contributed by atoms with Crippen molar-refractivity contribution in [2.75, 3.05) is 19.0 Å². The van der Waals surface area contributed by atoms with Crippen LogP contribution in [0.25, 0.3) is 0 Å². The van der Waals surface area contributed by atoms with Crippen LogP contribution in [0.3, 0.4) is 0 Å². The summed E-state index contributed by atoms with van der Waals surface area (Å²) < 4.78 is 10.4. The number of methoxy groups -OCH3 is 1. The first-order valence-corrected chi connectivity index (χ1v) is 12.4. The highest BCUT2D eigenvalue weighted by atomic mass is 35.5. The Bertz CT molecular complexity index is 1310. The van der Waals surface area contributed by atoms with Crippen molar-refractivity contribution < 1.29 is 28.7 Å². The van der Waals surface area contributed by atoms with Crippen molar-refractivity contribution in [3.8, 4) is 11.5 Å². The molecule has 0 unspecified atom stereocenters. The average molecular weight is 553 g/mol. The normalized spacial score (nSPS) is 11.2. The van der Waals surface area contributed by atoms with Gasteiger partial charge in [-0.1, -0.05) is 37.6 Å². The first-order chi connectivity index (χ1) is 18.7. The molecule has 0 heterocycles. The average Bonchev–Trinajstić information content (AvgIpc) is 2.94. The van der Waals surface area contributed by atoms with E-state index in [2.05, 4.69) is 21.5 Å². The fourth-order valence-electron chi connectivity index (χ4n) is 3.41. The van der Waals surface area contributed by atoms with Gasteiger partial charge in [-0.2, -0.15) is 0 Å². The van der Waals surface area contributed by atoms with Gasteiger partial charge in [0.2, 0.25) is 0 Å². The zero-order valence-corrected chi connectivity index (χ0v) is 22.4. The zero-order valence-electron chi connectivity index (χ0n) is 21.6. The number of anilines is 1. The lowest BCUT2D eigenvalue weighted by Crippen LogP contribution is -2.55. The van der Waals surface area contributed by atoms with Crippen LogP contribution >= 0.6 is 11.6 Å². The number of carbonyl (C=O) groups is 4. The van der Waals surface area contributed by atoms with E-state index in [1.807, 2.05) is 0 Å². The number of hydrogen-bond donors (Lipinski definition) is 4. The molecule has 3 aromatic carbocycles. The quantitative estimate of drug-likeness (QED) is 0.284. The summed E-state index contributed by atoms with van der Waals surface area (Å²) in [5.74, 6) is -1.50. The van der Waals surface area contributed by atoms with Gasteiger partial charge in [-0.05, 0) is 66.6 Å². The van der Waals surface area contributed by atoms with E-state index in [0.717, 1.165) is 0 Å². The van der Waals surface area contributed by atoms with E-state index in [1.54, 1.807) is 80.6 Å². The Kier molecular flexibility index (Phi) is 10.3. The lowest BCUT2D eigenvalue weighted by atomic mass is 10.0. The second kappa shape index (κ2) is 13.8. The Morgan fingerprint density at radius 3 is 2.10 bits per heavy atom. The minimum atomic E-state index is -0.986. The van der Waals surface area contributed by atoms with E-state index in [0.29, 0.717) is 22.1 Å². The minimum absolute atomic E-state index is 0.165. The molecule has 0 spiro atoms. The van der Waals surface area contributed by atoms with Crippen LogP contribution in [0, 0.1) is 5.92 Å². The summed E-state index contributed by atoms with van der Waals surface area (Å²) in [6.45, 7) is 3.14. The van der Waals surface area contributed by atoms with Gasteiger partial charge in [-0.15, -0.1) is 0 Å². The molecule has 11 heteroatoms. The molecule has 0 saturated heterocycles. The van der Waals surface area contributed by atoms with E-state index < -0.39 is 29.7 Å². The molecule has 10 nitrogen and oxygen atoms in total. The maximum atomic E-state index is 13.1. The van der Waals surface area contributed by atoms with Gasteiger partial charge in [-0.3, -0.25) is 30.0 Å². The molecule has 0 aliphatic carbocycles. The number of para-hydroxylation sites is 1. The predicted octanol–water partition coefficient (Wildman–Crippen LogP) is 3.58. The highest BCUT2D eigenvalue weighted by molar-refractivity contribution is 6.30. The molecular formula is C28H29ClN4O6. The van der Waals surface area contributed by atoms with Crippen LogP contribution in [0.1, 0.15) is 34.6 Å². The molecule has 3 aromatic rings. The Morgan fingerprint density at radius 1 is 0.821 bits per heavy atom. The van der Waals surface area contributed by atoms with E-state index in [4.69, 9.17) is 21.1 Å². The molecule has 0 aromatic heterocycles. The second-order valence-electron chi connectivity index (χ2n) is 8.70. The number of halogens is 1. The number of ether oxygens (including phenoxy) is 2. The molecule has 204 valence electrons. The molecule has 4 N–H and O–H groups in total. The Labute approximate surface area is 231 Å². The number of hydrogen-bond acceptors (Lipinski definition) is 6. The number of amides is 4. The van der Waals surface area contributed by atoms with Crippen LogP contribution in [0.2, 0.25) is 5.02 Å². The summed E-state index contributed by atoms with van der Waals surface area (Å²) in [6, 6.07) is 18.4. The molecule has 4 amide bonds. The summed E-state index contributed by atoms with van der Waals surface area (Å²) in [4.78, 5) is 50.8. The van der Waals surface area contributed by atoms with Crippen LogP contribution in [0.15, 0.2) is 72.8 Å². The van der Waals surface area contributed by atoms with Gasteiger partial charge in [0.05, 0.1) is 18.4 Å². The molecule has 0 aliphatic heterocycles. The Balaban J connectivity index is 1.59. The largest absolute Gasteiger partial charge is 0.497 e. The maximum Gasteiger partial charge on any atom is 0.276 e. The fraction of sp³-hybridized carbons (Fsp3) is 0.214. The van der Waals surface area contributed by atoms with Gasteiger partial charge in [0.1, 0.15) is 17.5 Å². The molecule has 0 radical (unpaired) electrons. The van der Waals surface area contributed by atoms with Crippen molar-refractivity contribution in [3.63, 3.8) is 0 Å². The van der Waals surface area contributed by atoms with E-state index in [1.165, 1.54) is 13.2 Å². The first-order valence-electron chi connectivity index (χ1n) is 12.0. The Hall–Kier alpha value is -4.57. The zero-order chi connectivity index (χ0) is 28.4. The van der Waals surface area contributed by atoms with Crippen molar-refractivity contribution in [2.45, 2.75) is 19.9 Å². The minimum Gasteiger partial charge on any atom is -0.497 e. The molecule has 0 aliphatic rings. The Morgan fingerprint density at radius 2 is 1.46 bits per heavy atom. The van der Waals surface area contributed by atoms with Gasteiger partial charge < -0.3 is 20.1 Å². The van der Waals surface area contributed by atoms with Crippen molar-refractivity contribution in [3.05, 3.63) is 88.9 Å². The maximum absolute atomic E-state index is 13.1. The third-order valence-corrected chi connectivity index (χ3v) is 5.77. The summed E-state index contributed by atoms with van der Waals surface area (Å²) in [7, 11) is 1.53. The lowest BCUT2D eigenvalue weighted by Gasteiger charge is -2.22. The van der Waals surface area contributed by atoms with Crippen LogP contribution < -0.4 is 31.0 Å². The smallest absolute Gasteiger partial charge is 0.276 e. The molecule has 0 fully saturated rings. The molecule has 0 saturated carbocycles. The van der Waals surface area contributed by atoms with Crippen LogP contribution in [0.5, 0.6) is 11.5 Å². The second-order valence-corrected chi connectivity index (χ2v) is 9.14. The molecule has 0 bridgehead atoms. The molecule has 3 rings (SSSR count). The standard InChI is InChI=1S/C28H29ClN4O6/c1-17(2)25(28(37)33-32-24(34)16-39-21-14-10-19(29)11-15-21)31-27(36)22-6-4-5-7-23(22)30-26(35)18-8-12-20(38-3)13-9-18/h4-15,17,25H,16H2,1-3H3,(H,30,35)(H,31,36)(H,32,34)(H,33,37)/t25-/m0/s1. The number of nitrogens with one attached hydrogen (secondary N) is 4. The van der Waals surface area contributed by atoms with Crippen molar-refractivity contribution in [1.29, 1.82) is 0 Å². The van der Waals surface area contributed by atoms with E-state index >= 15 is 0 Å². The fourth-order valence-corrected chi connectivity index (χ4v) is 3.53. The SMILES string of the molecule is COc1ccc(C(=O)Nc2ccccc2C(=O)N[C@H](C(=O)NNC(=O)COc2ccc(Cl)cc2)C(C)C)cc1. The molecule has 1 atom stereocenters. The van der Waals surface area contributed by atoms with E-state index in [9.17, 15) is 19.2 Å². The first kappa shape index (κ1) is 29.0. The highest BCUT2D eigenvalue weighted by Crippen LogP contribution is 2.19. The van der Waals surface area contributed by atoms with Gasteiger partial charge in [0, 0.05) is 10.6 Å². The van der Waals surface area contributed by atoms with Crippen LogP contribution in [-0.2, 0) is 9.59 Å². The summed E-state index contributed by atoms with van der Waals surface area (Å²) in [6.07, 6.45) is 0. The number of carbonyl (C=O) groups excluding carboxylic acids is 4. The third-order valence-electron chi connectivity index (χ3n) is 5.52. The number of rotatable bonds is 10.